The van der Waals surface area contributed by atoms with Crippen molar-refractivity contribution in [1.29, 1.82) is 0 Å². The number of carboxylic acid groups (broad SMARTS) is 1. The number of aliphatic hydroxyl groups excluding tert-OH is 2. The van der Waals surface area contributed by atoms with E-state index in [9.17, 15) is 37.8 Å². The summed E-state index contributed by atoms with van der Waals surface area (Å²) in [7, 11) is 0. The molecule has 0 unspecified atom stereocenters. The van der Waals surface area contributed by atoms with Crippen LogP contribution in [0, 0.1) is 0 Å². The van der Waals surface area contributed by atoms with Crippen molar-refractivity contribution in [3.8, 4) is 0 Å². The van der Waals surface area contributed by atoms with Crippen molar-refractivity contribution in [1.82, 2.24) is 30.2 Å². The number of rotatable bonds is 6. The molecule has 0 aliphatic carbocycles. The molecule has 224 valence electrons. The molecule has 19 heteroatoms. The van der Waals surface area contributed by atoms with Gasteiger partial charge in [0.15, 0.2) is 17.7 Å². The van der Waals surface area contributed by atoms with Gasteiger partial charge >= 0.3 is 12.1 Å². The lowest BCUT2D eigenvalue weighted by Crippen LogP contribution is -2.40. The van der Waals surface area contributed by atoms with E-state index in [1.54, 1.807) is 18.2 Å². The molecule has 1 fully saturated rings. The molecule has 3 aromatic rings. The van der Waals surface area contributed by atoms with Crippen molar-refractivity contribution >= 4 is 46.4 Å². The van der Waals surface area contributed by atoms with Gasteiger partial charge in [-0.1, -0.05) is 6.07 Å². The van der Waals surface area contributed by atoms with Crippen molar-refractivity contribution < 1.29 is 52.4 Å². The van der Waals surface area contributed by atoms with E-state index >= 15 is 0 Å². The summed E-state index contributed by atoms with van der Waals surface area (Å²) < 4.78 is 38.9. The van der Waals surface area contributed by atoms with Crippen LogP contribution in [-0.4, -0.2) is 89.6 Å². The van der Waals surface area contributed by atoms with Gasteiger partial charge < -0.3 is 41.7 Å². The highest BCUT2D eigenvalue weighted by atomic mass is 19.4. The third kappa shape index (κ3) is 6.37. The molecule has 0 spiro atoms. The van der Waals surface area contributed by atoms with Crippen LogP contribution in [0.3, 0.4) is 0 Å². The number of hydrogen-bond donors (Lipinski definition) is 7. The summed E-state index contributed by atoms with van der Waals surface area (Å²) in [5.74, 6) is -3.99. The number of benzene rings is 1. The monoisotopic (exact) mass is 596 g/mol. The van der Waals surface area contributed by atoms with Crippen LogP contribution in [0.1, 0.15) is 28.6 Å². The number of carboxylic acids is 1. The standard InChI is InChI=1S/C21H22N8O6.C2HF3O2/c22-18-15-19(26-7-25-18)29(8-27-15)21-17(33)16(32)12(35-21)6-23-13(30)4-14(31)28-11-3-1-2-9-10(11)5-24-20(9)34;3-2(4,5)1(6)7/h1-3,7-8,12,16-17,21,32-33H,4-6H2,(H,23,30)(H,24,34)(H,28,31)(H2,22,25,26);(H,6,7)/t12-,16-,17-,21-;/m1./s1. The van der Waals surface area contributed by atoms with Gasteiger partial charge in [0.25, 0.3) is 5.91 Å². The lowest BCUT2D eigenvalue weighted by atomic mass is 10.1. The minimum atomic E-state index is -5.08. The van der Waals surface area contributed by atoms with E-state index < -0.39 is 54.9 Å². The number of aliphatic carboxylic acids is 1. The molecule has 0 radical (unpaired) electrons. The maximum Gasteiger partial charge on any atom is 0.490 e. The average Bonchev–Trinajstić information content (AvgIpc) is 3.60. The molecule has 8 N–H and O–H groups in total. The summed E-state index contributed by atoms with van der Waals surface area (Å²) in [5, 5.41) is 35.9. The predicted molar refractivity (Wildman–Crippen MR) is 133 cm³/mol. The van der Waals surface area contributed by atoms with Crippen LogP contribution >= 0.6 is 0 Å². The Labute approximate surface area is 232 Å². The number of nitrogens with zero attached hydrogens (tertiary/aromatic N) is 4. The van der Waals surface area contributed by atoms with Crippen molar-refractivity contribution in [2.45, 2.75) is 43.7 Å². The number of halogens is 3. The number of anilines is 2. The Hall–Kier alpha value is -4.88. The summed E-state index contributed by atoms with van der Waals surface area (Å²) in [5.41, 5.74) is 8.02. The summed E-state index contributed by atoms with van der Waals surface area (Å²) >= 11 is 0. The van der Waals surface area contributed by atoms with Crippen LogP contribution in [0.4, 0.5) is 24.7 Å². The minimum Gasteiger partial charge on any atom is -0.475 e. The SMILES string of the molecule is Nc1ncnc2c1ncn2[C@@H]1O[C@H](CNC(=O)CC(=O)Nc2cccc3c2CNC3=O)[C@@H](O)[C@H]1O.O=C(O)C(F)(F)F. The van der Waals surface area contributed by atoms with Crippen molar-refractivity contribution in [2.75, 3.05) is 17.6 Å². The van der Waals surface area contributed by atoms with Gasteiger partial charge in [-0.2, -0.15) is 13.2 Å². The summed E-state index contributed by atoms with van der Waals surface area (Å²) in [6, 6.07) is 4.95. The number of aromatic nitrogens is 4. The Kier molecular flexibility index (Phi) is 8.54. The highest BCUT2D eigenvalue weighted by Gasteiger charge is 2.44. The fourth-order valence-electron chi connectivity index (χ4n) is 4.17. The van der Waals surface area contributed by atoms with E-state index in [0.717, 1.165) is 0 Å². The number of carbonyl (C=O) groups excluding carboxylic acids is 3. The molecule has 1 aromatic carbocycles. The zero-order valence-electron chi connectivity index (χ0n) is 21.2. The molecule has 42 heavy (non-hydrogen) atoms. The first-order valence-electron chi connectivity index (χ1n) is 12.0. The average molecular weight is 596 g/mol. The number of fused-ring (bicyclic) bond motifs is 2. The molecule has 2 aliphatic rings. The highest BCUT2D eigenvalue weighted by molar-refractivity contribution is 6.06. The van der Waals surface area contributed by atoms with Gasteiger partial charge in [0.05, 0.1) is 6.33 Å². The molecule has 3 amide bonds. The molecule has 4 heterocycles. The number of amides is 3. The van der Waals surface area contributed by atoms with Gasteiger partial charge in [0.2, 0.25) is 11.8 Å². The second-order valence-electron chi connectivity index (χ2n) is 8.98. The molecular formula is C23H23F3N8O8. The maximum atomic E-state index is 12.3. The number of aliphatic hydroxyl groups is 2. The van der Waals surface area contributed by atoms with E-state index in [0.29, 0.717) is 34.5 Å². The van der Waals surface area contributed by atoms with Gasteiger partial charge in [0, 0.05) is 29.9 Å². The predicted octanol–water partition coefficient (Wildman–Crippen LogP) is -0.951. The van der Waals surface area contributed by atoms with Gasteiger partial charge in [-0.05, 0) is 12.1 Å². The lowest BCUT2D eigenvalue weighted by Gasteiger charge is -2.16. The Bertz CT molecular complexity index is 1530. The molecule has 4 atom stereocenters. The fraction of sp³-hybridized carbons (Fsp3) is 0.348. The van der Waals surface area contributed by atoms with Gasteiger partial charge in [-0.25, -0.2) is 19.7 Å². The number of nitrogens with one attached hydrogen (secondary N) is 3. The number of hydrogen-bond acceptors (Lipinski definition) is 11. The van der Waals surface area contributed by atoms with Crippen LogP contribution in [0.25, 0.3) is 11.2 Å². The van der Waals surface area contributed by atoms with Crippen LogP contribution in [-0.2, 0) is 25.7 Å². The Balaban J connectivity index is 0.000000517. The van der Waals surface area contributed by atoms with E-state index in [4.69, 9.17) is 20.4 Å². The number of imidazole rings is 1. The topological polar surface area (TPSA) is 244 Å². The fourth-order valence-corrected chi connectivity index (χ4v) is 4.17. The molecular weight excluding hydrogens is 573 g/mol. The van der Waals surface area contributed by atoms with Crippen molar-refractivity contribution in [3.63, 3.8) is 0 Å². The van der Waals surface area contributed by atoms with Crippen LogP contribution in [0.5, 0.6) is 0 Å². The van der Waals surface area contributed by atoms with Crippen LogP contribution in [0.15, 0.2) is 30.9 Å². The molecule has 2 aromatic heterocycles. The Morgan fingerprint density at radius 2 is 1.86 bits per heavy atom. The van der Waals surface area contributed by atoms with Gasteiger partial charge in [0.1, 0.15) is 36.6 Å². The normalized spacial score (nSPS) is 21.2. The molecule has 1 saturated heterocycles. The third-order valence-electron chi connectivity index (χ3n) is 6.18. The summed E-state index contributed by atoms with van der Waals surface area (Å²) in [6.07, 6.45) is -7.58. The van der Waals surface area contributed by atoms with E-state index in [1.165, 1.54) is 17.2 Å². The molecule has 0 saturated carbocycles. The highest BCUT2D eigenvalue weighted by Crippen LogP contribution is 2.31. The van der Waals surface area contributed by atoms with E-state index in [2.05, 4.69) is 30.9 Å². The summed E-state index contributed by atoms with van der Waals surface area (Å²) in [4.78, 5) is 57.4. The number of nitrogen functional groups attached to an aromatic ring is 1. The first-order chi connectivity index (χ1) is 19.8. The second-order valence-corrected chi connectivity index (χ2v) is 8.98. The third-order valence-corrected chi connectivity index (χ3v) is 6.18. The molecule has 2 aliphatic heterocycles. The number of carbonyl (C=O) groups is 4. The zero-order valence-corrected chi connectivity index (χ0v) is 21.2. The first-order valence-corrected chi connectivity index (χ1v) is 12.0. The van der Waals surface area contributed by atoms with Gasteiger partial charge in [-0.3, -0.25) is 19.0 Å². The Morgan fingerprint density at radius 1 is 1.14 bits per heavy atom. The number of ether oxygens (including phenoxy) is 1. The van der Waals surface area contributed by atoms with E-state index in [1.807, 2.05) is 0 Å². The van der Waals surface area contributed by atoms with Crippen molar-refractivity contribution in [2.24, 2.45) is 0 Å². The van der Waals surface area contributed by atoms with Crippen LogP contribution < -0.4 is 21.7 Å². The van der Waals surface area contributed by atoms with Crippen molar-refractivity contribution in [3.05, 3.63) is 42.0 Å². The molecule has 5 rings (SSSR count). The maximum absolute atomic E-state index is 12.3. The smallest absolute Gasteiger partial charge is 0.475 e. The summed E-state index contributed by atoms with van der Waals surface area (Å²) in [6.45, 7) is 0.145. The minimum absolute atomic E-state index is 0.149. The van der Waals surface area contributed by atoms with Gasteiger partial charge in [-0.15, -0.1) is 0 Å². The van der Waals surface area contributed by atoms with E-state index in [-0.39, 0.29) is 18.3 Å². The zero-order chi connectivity index (χ0) is 30.8. The second kappa shape index (κ2) is 11.9. The number of alkyl halides is 3. The molecule has 0 bridgehead atoms. The number of nitrogens with two attached hydrogens (primary N) is 1. The Morgan fingerprint density at radius 3 is 2.55 bits per heavy atom. The molecule has 16 nitrogen and oxygen atoms in total. The largest absolute Gasteiger partial charge is 0.490 e. The quantitative estimate of drug-likeness (QED) is 0.170. The lowest BCUT2D eigenvalue weighted by molar-refractivity contribution is -0.192. The first kappa shape index (κ1) is 30.1. The van der Waals surface area contributed by atoms with Crippen LogP contribution in [0.2, 0.25) is 0 Å².